The summed E-state index contributed by atoms with van der Waals surface area (Å²) in [6.07, 6.45) is 3.79. The van der Waals surface area contributed by atoms with Gasteiger partial charge in [0.2, 0.25) is 11.8 Å². The number of imide groups is 1. The predicted molar refractivity (Wildman–Crippen MR) is 105 cm³/mol. The van der Waals surface area contributed by atoms with Crippen molar-refractivity contribution in [1.82, 2.24) is 4.90 Å². The zero-order valence-corrected chi connectivity index (χ0v) is 15.8. The molecule has 0 radical (unpaired) electrons. The summed E-state index contributed by atoms with van der Waals surface area (Å²) in [5.41, 5.74) is 2.47. The molecule has 4 atom stereocenters. The first kappa shape index (κ1) is 17.2. The number of halogens is 1. The first-order chi connectivity index (χ1) is 13.5. The Labute approximate surface area is 167 Å². The summed E-state index contributed by atoms with van der Waals surface area (Å²) in [6, 6.07) is 13.5. The van der Waals surface area contributed by atoms with Crippen LogP contribution in [0.4, 0.5) is 5.69 Å². The molecule has 5 rings (SSSR count). The van der Waals surface area contributed by atoms with E-state index in [-0.39, 0.29) is 23.6 Å². The minimum Gasteiger partial charge on any atom is -0.359 e. The summed E-state index contributed by atoms with van der Waals surface area (Å²) in [5.74, 6) is -1.98. The normalized spacial score (nSPS) is 27.6. The highest BCUT2D eigenvalue weighted by atomic mass is 35.5. The maximum atomic E-state index is 13.4. The summed E-state index contributed by atoms with van der Waals surface area (Å²) < 4.78 is 0. The molecule has 6 heteroatoms. The van der Waals surface area contributed by atoms with Crippen LogP contribution in [0.3, 0.4) is 0 Å². The van der Waals surface area contributed by atoms with Crippen LogP contribution in [0, 0.1) is 11.8 Å². The molecule has 0 saturated carbocycles. The Kier molecular flexibility index (Phi) is 3.71. The third-order valence-corrected chi connectivity index (χ3v) is 6.21. The lowest BCUT2D eigenvalue weighted by atomic mass is 9.84. The maximum Gasteiger partial charge on any atom is 0.240 e. The van der Waals surface area contributed by atoms with Crippen LogP contribution in [0.1, 0.15) is 24.1 Å². The van der Waals surface area contributed by atoms with Gasteiger partial charge >= 0.3 is 0 Å². The van der Waals surface area contributed by atoms with Gasteiger partial charge in [0.15, 0.2) is 5.78 Å². The first-order valence-corrected chi connectivity index (χ1v) is 9.55. The molecule has 2 fully saturated rings. The van der Waals surface area contributed by atoms with E-state index in [1.165, 1.54) is 11.8 Å². The maximum absolute atomic E-state index is 13.4. The van der Waals surface area contributed by atoms with E-state index in [0.29, 0.717) is 10.7 Å². The SMILES string of the molecule is CC(=O)C1C2C(=O)N(c3ccc(Cl)cc3)C(=O)C2C2c3ccccc3C=CN12. The lowest BCUT2D eigenvalue weighted by Crippen LogP contribution is -2.43. The van der Waals surface area contributed by atoms with Crippen LogP contribution in [0.2, 0.25) is 5.02 Å². The van der Waals surface area contributed by atoms with Crippen LogP contribution in [0.25, 0.3) is 6.08 Å². The second-order valence-corrected chi connectivity index (χ2v) is 7.87. The number of anilines is 1. The van der Waals surface area contributed by atoms with Gasteiger partial charge in [-0.15, -0.1) is 0 Å². The molecule has 2 aromatic rings. The van der Waals surface area contributed by atoms with Gasteiger partial charge in [-0.3, -0.25) is 14.4 Å². The third kappa shape index (κ3) is 2.23. The van der Waals surface area contributed by atoms with Gasteiger partial charge in [-0.05, 0) is 48.4 Å². The smallest absolute Gasteiger partial charge is 0.240 e. The molecule has 2 amide bonds. The molecule has 3 aliphatic rings. The Morgan fingerprint density at radius 1 is 0.964 bits per heavy atom. The van der Waals surface area contributed by atoms with E-state index in [9.17, 15) is 14.4 Å². The van der Waals surface area contributed by atoms with Crippen LogP contribution in [0.15, 0.2) is 54.7 Å². The number of Topliss-reactive ketones (excluding diaryl/α,β-unsaturated/α-hetero) is 1. The second kappa shape index (κ2) is 6.04. The molecule has 2 saturated heterocycles. The number of fused-ring (bicyclic) bond motifs is 5. The summed E-state index contributed by atoms with van der Waals surface area (Å²) >= 11 is 5.95. The van der Waals surface area contributed by atoms with E-state index in [1.54, 1.807) is 24.3 Å². The summed E-state index contributed by atoms with van der Waals surface area (Å²) in [4.78, 5) is 42.4. The summed E-state index contributed by atoms with van der Waals surface area (Å²) in [6.45, 7) is 1.49. The minimum absolute atomic E-state index is 0.111. The van der Waals surface area contributed by atoms with E-state index in [0.717, 1.165) is 11.1 Å². The number of carbonyl (C=O) groups excluding carboxylic acids is 3. The van der Waals surface area contributed by atoms with Gasteiger partial charge < -0.3 is 4.90 Å². The molecule has 2 aromatic carbocycles. The second-order valence-electron chi connectivity index (χ2n) is 7.43. The fourth-order valence-electron chi connectivity index (χ4n) is 4.87. The van der Waals surface area contributed by atoms with Crippen molar-refractivity contribution < 1.29 is 14.4 Å². The molecule has 0 aliphatic carbocycles. The molecule has 5 nitrogen and oxygen atoms in total. The average molecular weight is 393 g/mol. The van der Waals surface area contributed by atoms with Crippen molar-refractivity contribution in [2.45, 2.75) is 19.0 Å². The molecule has 28 heavy (non-hydrogen) atoms. The van der Waals surface area contributed by atoms with Crippen molar-refractivity contribution in [3.8, 4) is 0 Å². The monoisotopic (exact) mass is 392 g/mol. The number of nitrogens with zero attached hydrogens (tertiary/aromatic N) is 2. The van der Waals surface area contributed by atoms with Gasteiger partial charge in [-0.25, -0.2) is 4.90 Å². The van der Waals surface area contributed by atoms with Crippen LogP contribution < -0.4 is 4.90 Å². The van der Waals surface area contributed by atoms with Crippen molar-refractivity contribution >= 4 is 41.0 Å². The Bertz CT molecular complexity index is 1050. The lowest BCUT2D eigenvalue weighted by Gasteiger charge is -2.34. The number of ketones is 1. The number of hydrogen-bond acceptors (Lipinski definition) is 4. The largest absolute Gasteiger partial charge is 0.359 e. The molecule has 3 aliphatic heterocycles. The van der Waals surface area contributed by atoms with E-state index in [1.807, 2.05) is 41.4 Å². The minimum atomic E-state index is -0.693. The first-order valence-electron chi connectivity index (χ1n) is 9.17. The number of benzene rings is 2. The number of hydrogen-bond donors (Lipinski definition) is 0. The Morgan fingerprint density at radius 2 is 1.64 bits per heavy atom. The zero-order valence-electron chi connectivity index (χ0n) is 15.1. The van der Waals surface area contributed by atoms with Crippen LogP contribution in [-0.2, 0) is 14.4 Å². The molecule has 3 heterocycles. The van der Waals surface area contributed by atoms with Crippen LogP contribution in [-0.4, -0.2) is 28.5 Å². The number of carbonyl (C=O) groups is 3. The highest BCUT2D eigenvalue weighted by Gasteiger charge is 2.63. The molecule has 140 valence electrons. The average Bonchev–Trinajstić information content (AvgIpc) is 3.16. The number of amides is 2. The van der Waals surface area contributed by atoms with Crippen molar-refractivity contribution in [3.63, 3.8) is 0 Å². The third-order valence-electron chi connectivity index (χ3n) is 5.96. The zero-order chi connectivity index (χ0) is 19.6. The Morgan fingerprint density at radius 3 is 2.36 bits per heavy atom. The molecule has 0 spiro atoms. The highest BCUT2D eigenvalue weighted by molar-refractivity contribution is 6.31. The fourth-order valence-corrected chi connectivity index (χ4v) is 4.99. The standard InChI is InChI=1S/C22H17ClN2O3/c1-12(26)19-17-18(20-16-5-3-2-4-13(16)10-11-24(19)20)22(28)25(21(17)27)15-8-6-14(23)7-9-15/h2-11,17-20H,1H3. The van der Waals surface area contributed by atoms with E-state index in [2.05, 4.69) is 0 Å². The Balaban J connectivity index is 1.65. The van der Waals surface area contributed by atoms with Crippen molar-refractivity contribution in [2.75, 3.05) is 4.90 Å². The quantitative estimate of drug-likeness (QED) is 0.734. The molecule has 4 unspecified atom stereocenters. The Hall–Kier alpha value is -2.92. The highest BCUT2D eigenvalue weighted by Crippen LogP contribution is 2.53. The van der Waals surface area contributed by atoms with Crippen LogP contribution in [0.5, 0.6) is 0 Å². The van der Waals surface area contributed by atoms with Crippen LogP contribution >= 0.6 is 11.6 Å². The van der Waals surface area contributed by atoms with Gasteiger partial charge in [-0.1, -0.05) is 35.9 Å². The lowest BCUT2D eigenvalue weighted by molar-refractivity contribution is -0.129. The van der Waals surface area contributed by atoms with Crippen molar-refractivity contribution in [3.05, 3.63) is 70.9 Å². The molecular weight excluding hydrogens is 376 g/mol. The number of rotatable bonds is 2. The van der Waals surface area contributed by atoms with Gasteiger partial charge in [-0.2, -0.15) is 0 Å². The van der Waals surface area contributed by atoms with Gasteiger partial charge in [0.05, 0.1) is 29.6 Å². The topological polar surface area (TPSA) is 57.7 Å². The van der Waals surface area contributed by atoms with E-state index >= 15 is 0 Å². The molecule has 0 aromatic heterocycles. The summed E-state index contributed by atoms with van der Waals surface area (Å²) in [7, 11) is 0. The van der Waals surface area contributed by atoms with Gasteiger partial charge in [0.25, 0.3) is 0 Å². The summed E-state index contributed by atoms with van der Waals surface area (Å²) in [5, 5.41) is 0.530. The van der Waals surface area contributed by atoms with E-state index in [4.69, 9.17) is 11.6 Å². The predicted octanol–water partition coefficient (Wildman–Crippen LogP) is 3.44. The van der Waals surface area contributed by atoms with Crippen molar-refractivity contribution in [2.24, 2.45) is 11.8 Å². The van der Waals surface area contributed by atoms with Gasteiger partial charge in [0.1, 0.15) is 0 Å². The van der Waals surface area contributed by atoms with Crippen molar-refractivity contribution in [1.29, 1.82) is 0 Å². The van der Waals surface area contributed by atoms with Gasteiger partial charge in [0, 0.05) is 11.2 Å². The molecule has 0 N–H and O–H groups in total. The molecule has 0 bridgehead atoms. The fraction of sp³-hybridized carbons (Fsp3) is 0.227. The molecular formula is C22H17ClN2O3. The van der Waals surface area contributed by atoms with E-state index < -0.39 is 17.9 Å².